The van der Waals surface area contributed by atoms with E-state index in [2.05, 4.69) is 4.72 Å². The summed E-state index contributed by atoms with van der Waals surface area (Å²) >= 11 is 0. The van der Waals surface area contributed by atoms with Gasteiger partial charge in [-0.2, -0.15) is 0 Å². The first-order valence-corrected chi connectivity index (χ1v) is 9.24. The van der Waals surface area contributed by atoms with Crippen LogP contribution in [-0.4, -0.2) is 28.4 Å². The highest BCUT2D eigenvalue weighted by Crippen LogP contribution is 2.32. The molecule has 7 heteroatoms. The van der Waals surface area contributed by atoms with Crippen LogP contribution in [0, 0.1) is 0 Å². The smallest absolute Gasteiger partial charge is 0.240 e. The van der Waals surface area contributed by atoms with Crippen LogP contribution in [0.15, 0.2) is 41.3 Å². The molecule has 2 aromatic rings. The first-order valence-electron chi connectivity index (χ1n) is 7.76. The Morgan fingerprint density at radius 1 is 0.958 bits per heavy atom. The molecule has 0 unspecified atom stereocenters. The number of nitrogens with one attached hydrogen (secondary N) is 1. The van der Waals surface area contributed by atoms with E-state index in [-0.39, 0.29) is 11.7 Å². The molecule has 0 bridgehead atoms. The summed E-state index contributed by atoms with van der Waals surface area (Å²) in [7, 11) is -3.53. The first kappa shape index (κ1) is 15.3. The maximum atomic E-state index is 12.4. The Balaban J connectivity index is 1.41. The van der Waals surface area contributed by atoms with Gasteiger partial charge in [-0.3, -0.25) is 0 Å². The molecule has 0 aliphatic carbocycles. The van der Waals surface area contributed by atoms with Crippen LogP contribution in [0.4, 0.5) is 0 Å². The molecular weight excluding hydrogens is 330 g/mol. The summed E-state index contributed by atoms with van der Waals surface area (Å²) in [6, 6.07) is 10.6. The number of sulfonamides is 1. The predicted molar refractivity (Wildman–Crippen MR) is 87.1 cm³/mol. The molecule has 0 spiro atoms. The van der Waals surface area contributed by atoms with E-state index in [0.717, 1.165) is 29.0 Å². The molecule has 0 saturated carbocycles. The molecule has 1 N–H and O–H groups in total. The fourth-order valence-corrected chi connectivity index (χ4v) is 3.92. The van der Waals surface area contributed by atoms with Crippen molar-refractivity contribution in [1.82, 2.24) is 4.72 Å². The minimum absolute atomic E-state index is 0.230. The van der Waals surface area contributed by atoms with Crippen LogP contribution < -0.4 is 18.9 Å². The Morgan fingerprint density at radius 2 is 1.79 bits per heavy atom. The van der Waals surface area contributed by atoms with Crippen molar-refractivity contribution in [1.29, 1.82) is 0 Å². The Hall–Kier alpha value is -2.25. The van der Waals surface area contributed by atoms with Crippen LogP contribution >= 0.6 is 0 Å². The van der Waals surface area contributed by atoms with Crippen LogP contribution in [0.25, 0.3) is 0 Å². The number of benzene rings is 2. The molecule has 2 aromatic carbocycles. The number of ether oxygens (including phenoxy) is 3. The number of hydrogen-bond donors (Lipinski definition) is 1. The Labute approximate surface area is 140 Å². The lowest BCUT2D eigenvalue weighted by Gasteiger charge is -2.08. The van der Waals surface area contributed by atoms with E-state index >= 15 is 0 Å². The quantitative estimate of drug-likeness (QED) is 0.894. The third-order valence-corrected chi connectivity index (χ3v) is 5.57. The second-order valence-electron chi connectivity index (χ2n) is 5.70. The van der Waals surface area contributed by atoms with Crippen LogP contribution in [0.3, 0.4) is 0 Å². The summed E-state index contributed by atoms with van der Waals surface area (Å²) in [6.45, 7) is 1.15. The number of fused-ring (bicyclic) bond motifs is 2. The van der Waals surface area contributed by atoms with E-state index < -0.39 is 10.0 Å². The fraction of sp³-hybridized carbons (Fsp3) is 0.294. The van der Waals surface area contributed by atoms with Crippen molar-refractivity contribution in [3.8, 4) is 17.2 Å². The van der Waals surface area contributed by atoms with Crippen LogP contribution in [0.1, 0.15) is 11.1 Å². The van der Waals surface area contributed by atoms with Crippen molar-refractivity contribution in [2.75, 3.05) is 19.9 Å². The van der Waals surface area contributed by atoms with E-state index in [4.69, 9.17) is 14.2 Å². The molecule has 0 atom stereocenters. The molecule has 0 radical (unpaired) electrons. The topological polar surface area (TPSA) is 73.9 Å². The molecule has 0 fully saturated rings. The van der Waals surface area contributed by atoms with Crippen LogP contribution in [0.5, 0.6) is 17.2 Å². The lowest BCUT2D eigenvalue weighted by atomic mass is 10.1. The average Bonchev–Trinajstić information content (AvgIpc) is 3.22. The molecular formula is C17H17NO5S. The number of hydrogen-bond acceptors (Lipinski definition) is 5. The zero-order chi connectivity index (χ0) is 16.6. The highest BCUT2D eigenvalue weighted by atomic mass is 32.2. The summed E-state index contributed by atoms with van der Waals surface area (Å²) < 4.78 is 43.5. The van der Waals surface area contributed by atoms with Crippen molar-refractivity contribution < 1.29 is 22.6 Å². The summed E-state index contributed by atoms with van der Waals surface area (Å²) in [6.07, 6.45) is 1.32. The normalized spacial score (nSPS) is 15.2. The molecule has 2 aliphatic rings. The molecule has 126 valence electrons. The van der Waals surface area contributed by atoms with Gasteiger partial charge in [-0.05, 0) is 47.9 Å². The van der Waals surface area contributed by atoms with Gasteiger partial charge in [0.1, 0.15) is 5.75 Å². The molecule has 4 rings (SSSR count). The average molecular weight is 347 g/mol. The highest BCUT2D eigenvalue weighted by Gasteiger charge is 2.19. The zero-order valence-corrected chi connectivity index (χ0v) is 13.8. The van der Waals surface area contributed by atoms with Crippen LogP contribution in [-0.2, 0) is 22.9 Å². The van der Waals surface area contributed by atoms with Crippen molar-refractivity contribution >= 4 is 10.0 Å². The van der Waals surface area contributed by atoms with E-state index in [1.54, 1.807) is 18.2 Å². The van der Waals surface area contributed by atoms with Gasteiger partial charge in [0.2, 0.25) is 16.8 Å². The van der Waals surface area contributed by atoms with Gasteiger partial charge in [-0.1, -0.05) is 6.07 Å². The SMILES string of the molecule is O=S(=O)(NCCc1ccc2c(c1)OCO2)c1ccc2c(c1)CCO2. The molecule has 6 nitrogen and oxygen atoms in total. The lowest BCUT2D eigenvalue weighted by Crippen LogP contribution is -2.26. The fourth-order valence-electron chi connectivity index (χ4n) is 2.84. The third-order valence-electron chi connectivity index (χ3n) is 4.11. The molecule has 2 heterocycles. The van der Waals surface area contributed by atoms with E-state index in [1.165, 1.54) is 0 Å². The molecule has 24 heavy (non-hydrogen) atoms. The Morgan fingerprint density at radius 3 is 2.71 bits per heavy atom. The molecule has 2 aliphatic heterocycles. The van der Waals surface area contributed by atoms with Crippen LogP contribution in [0.2, 0.25) is 0 Å². The van der Waals surface area contributed by atoms with Gasteiger partial charge in [0, 0.05) is 13.0 Å². The van der Waals surface area contributed by atoms with Gasteiger partial charge < -0.3 is 14.2 Å². The van der Waals surface area contributed by atoms with Gasteiger partial charge in [-0.25, -0.2) is 13.1 Å². The minimum atomic E-state index is -3.53. The van der Waals surface area contributed by atoms with Gasteiger partial charge >= 0.3 is 0 Å². The monoisotopic (exact) mass is 347 g/mol. The maximum absolute atomic E-state index is 12.4. The summed E-state index contributed by atoms with van der Waals surface area (Å²) in [5.74, 6) is 2.20. The van der Waals surface area contributed by atoms with Crippen molar-refractivity contribution in [2.45, 2.75) is 17.7 Å². The third kappa shape index (κ3) is 2.92. The van der Waals surface area contributed by atoms with Crippen molar-refractivity contribution in [2.24, 2.45) is 0 Å². The second kappa shape index (κ2) is 5.99. The zero-order valence-electron chi connectivity index (χ0n) is 12.9. The molecule has 0 saturated heterocycles. The predicted octanol–water partition coefficient (Wildman–Crippen LogP) is 1.87. The Kier molecular flexibility index (Phi) is 3.82. The van der Waals surface area contributed by atoms with Gasteiger partial charge in [-0.15, -0.1) is 0 Å². The maximum Gasteiger partial charge on any atom is 0.240 e. The standard InChI is InChI=1S/C17H17NO5S/c19-24(20,14-2-4-15-13(10-14)6-8-21-15)18-7-5-12-1-3-16-17(9-12)23-11-22-16/h1-4,9-10,18H,5-8,11H2. The van der Waals surface area contributed by atoms with E-state index in [1.807, 2.05) is 18.2 Å². The molecule has 0 aromatic heterocycles. The summed E-state index contributed by atoms with van der Waals surface area (Å²) in [4.78, 5) is 0.275. The first-order chi connectivity index (χ1) is 11.6. The van der Waals surface area contributed by atoms with Gasteiger partial charge in [0.25, 0.3) is 0 Å². The molecule has 0 amide bonds. The van der Waals surface area contributed by atoms with Crippen molar-refractivity contribution in [3.63, 3.8) is 0 Å². The lowest BCUT2D eigenvalue weighted by molar-refractivity contribution is 0.174. The van der Waals surface area contributed by atoms with Crippen molar-refractivity contribution in [3.05, 3.63) is 47.5 Å². The van der Waals surface area contributed by atoms with E-state index in [0.29, 0.717) is 25.3 Å². The summed E-state index contributed by atoms with van der Waals surface area (Å²) in [5.41, 5.74) is 1.93. The largest absolute Gasteiger partial charge is 0.493 e. The number of rotatable bonds is 5. The van der Waals surface area contributed by atoms with Gasteiger partial charge in [0.05, 0.1) is 11.5 Å². The second-order valence-corrected chi connectivity index (χ2v) is 7.47. The summed E-state index contributed by atoms with van der Waals surface area (Å²) in [5, 5.41) is 0. The minimum Gasteiger partial charge on any atom is -0.493 e. The van der Waals surface area contributed by atoms with Gasteiger partial charge in [0.15, 0.2) is 11.5 Å². The Bertz CT molecular complexity index is 879. The highest BCUT2D eigenvalue weighted by molar-refractivity contribution is 7.89. The van der Waals surface area contributed by atoms with E-state index in [9.17, 15) is 8.42 Å².